The first-order valence-electron chi connectivity index (χ1n) is 8.81. The number of halogens is 2. The van der Waals surface area contributed by atoms with Gasteiger partial charge in [0.1, 0.15) is 11.9 Å². The fourth-order valence-corrected chi connectivity index (χ4v) is 3.61. The van der Waals surface area contributed by atoms with Crippen molar-refractivity contribution in [2.75, 3.05) is 11.9 Å². The Labute approximate surface area is 173 Å². The minimum atomic E-state index is -0.704. The molecule has 0 spiro atoms. The van der Waals surface area contributed by atoms with Gasteiger partial charge in [0.05, 0.1) is 6.42 Å². The number of rotatable bonds is 6. The number of carbonyl (C=O) groups is 2. The topological polar surface area (TPSA) is 52.7 Å². The third-order valence-electron chi connectivity index (χ3n) is 4.49. The zero-order valence-electron chi connectivity index (χ0n) is 15.2. The number of benzene rings is 2. The van der Waals surface area contributed by atoms with Crippen LogP contribution in [0.1, 0.15) is 18.9 Å². The standard InChI is InChI=1S/C20H19ClFN3O2S/c1-2-24-19(27)17(11-18(26)23-16-9-5-14(21)6-10-16)25(20(24)28)12-13-3-7-15(22)8-4-13/h3-10,17H,2,11-12H2,1H3,(H,23,26)/t17-/m1/s1. The van der Waals surface area contributed by atoms with Crippen LogP contribution >= 0.6 is 23.8 Å². The van der Waals surface area contributed by atoms with Gasteiger partial charge in [-0.2, -0.15) is 0 Å². The molecule has 0 unspecified atom stereocenters. The predicted molar refractivity (Wildman–Crippen MR) is 110 cm³/mol. The van der Waals surface area contributed by atoms with Crippen LogP contribution < -0.4 is 5.32 Å². The molecular weight excluding hydrogens is 401 g/mol. The Kier molecular flexibility index (Phi) is 6.26. The van der Waals surface area contributed by atoms with E-state index in [0.717, 1.165) is 5.56 Å². The van der Waals surface area contributed by atoms with Gasteiger partial charge in [-0.05, 0) is 61.1 Å². The van der Waals surface area contributed by atoms with E-state index in [4.69, 9.17) is 23.8 Å². The number of amides is 2. The molecular formula is C20H19ClFN3O2S. The lowest BCUT2D eigenvalue weighted by molar-refractivity contribution is -0.130. The van der Waals surface area contributed by atoms with Gasteiger partial charge in [0.2, 0.25) is 5.91 Å². The van der Waals surface area contributed by atoms with Crippen molar-refractivity contribution in [2.45, 2.75) is 25.9 Å². The Hall–Kier alpha value is -2.51. The van der Waals surface area contributed by atoms with Gasteiger partial charge in [-0.15, -0.1) is 0 Å². The third-order valence-corrected chi connectivity index (χ3v) is 5.20. The van der Waals surface area contributed by atoms with Crippen LogP contribution in [-0.4, -0.2) is 39.3 Å². The van der Waals surface area contributed by atoms with Gasteiger partial charge in [0.25, 0.3) is 5.91 Å². The molecule has 146 valence electrons. The average Bonchev–Trinajstić information content (AvgIpc) is 2.89. The van der Waals surface area contributed by atoms with E-state index in [1.165, 1.54) is 17.0 Å². The lowest BCUT2D eigenvalue weighted by atomic mass is 10.1. The first-order chi connectivity index (χ1) is 13.4. The lowest BCUT2D eigenvalue weighted by Gasteiger charge is -2.24. The number of nitrogens with one attached hydrogen (secondary N) is 1. The monoisotopic (exact) mass is 419 g/mol. The van der Waals surface area contributed by atoms with E-state index < -0.39 is 6.04 Å². The largest absolute Gasteiger partial charge is 0.332 e. The first-order valence-corrected chi connectivity index (χ1v) is 9.59. The molecule has 0 bridgehead atoms. The van der Waals surface area contributed by atoms with Crippen LogP contribution in [0.3, 0.4) is 0 Å². The maximum Gasteiger partial charge on any atom is 0.252 e. The van der Waals surface area contributed by atoms with Gasteiger partial charge >= 0.3 is 0 Å². The molecule has 1 atom stereocenters. The van der Waals surface area contributed by atoms with Gasteiger partial charge in [0.15, 0.2) is 5.11 Å². The van der Waals surface area contributed by atoms with Gasteiger partial charge in [-0.25, -0.2) is 4.39 Å². The SMILES string of the molecule is CCN1C(=O)[C@@H](CC(=O)Nc2ccc(Cl)cc2)N(Cc2ccc(F)cc2)C1=S. The van der Waals surface area contributed by atoms with Gasteiger partial charge in [-0.1, -0.05) is 23.7 Å². The van der Waals surface area contributed by atoms with Crippen LogP contribution in [0.5, 0.6) is 0 Å². The molecule has 2 amide bonds. The van der Waals surface area contributed by atoms with Gasteiger partial charge < -0.3 is 10.2 Å². The van der Waals surface area contributed by atoms with Gasteiger partial charge in [-0.3, -0.25) is 14.5 Å². The van der Waals surface area contributed by atoms with Crippen LogP contribution in [0.2, 0.25) is 5.02 Å². The predicted octanol–water partition coefficient (Wildman–Crippen LogP) is 3.83. The van der Waals surface area contributed by atoms with E-state index in [-0.39, 0.29) is 24.1 Å². The molecule has 0 radical (unpaired) electrons. The van der Waals surface area contributed by atoms with E-state index in [1.807, 2.05) is 6.92 Å². The summed E-state index contributed by atoms with van der Waals surface area (Å²) in [5.41, 5.74) is 1.40. The molecule has 2 aromatic carbocycles. The van der Waals surface area contributed by atoms with Crippen molar-refractivity contribution in [1.29, 1.82) is 0 Å². The fraction of sp³-hybridized carbons (Fsp3) is 0.250. The van der Waals surface area contributed by atoms with Gasteiger partial charge in [0, 0.05) is 23.8 Å². The fourth-order valence-electron chi connectivity index (χ4n) is 3.07. The highest BCUT2D eigenvalue weighted by atomic mass is 35.5. The molecule has 3 rings (SSSR count). The molecule has 1 N–H and O–H groups in total. The summed E-state index contributed by atoms with van der Waals surface area (Å²) in [5, 5.41) is 3.71. The Morgan fingerprint density at radius 2 is 1.82 bits per heavy atom. The first kappa shape index (κ1) is 20.2. The Balaban J connectivity index is 1.75. The lowest BCUT2D eigenvalue weighted by Crippen LogP contribution is -2.37. The number of carbonyl (C=O) groups excluding carboxylic acids is 2. The number of hydrogen-bond acceptors (Lipinski definition) is 3. The van der Waals surface area contributed by atoms with E-state index in [0.29, 0.717) is 28.9 Å². The number of thiocarbonyl (C=S) groups is 1. The molecule has 2 aromatic rings. The molecule has 5 nitrogen and oxygen atoms in total. The molecule has 28 heavy (non-hydrogen) atoms. The van der Waals surface area contributed by atoms with Crippen molar-refractivity contribution >= 4 is 46.4 Å². The molecule has 8 heteroatoms. The van der Waals surface area contributed by atoms with E-state index in [9.17, 15) is 14.0 Å². The van der Waals surface area contributed by atoms with Crippen LogP contribution in [0.4, 0.5) is 10.1 Å². The third kappa shape index (κ3) is 4.48. The average molecular weight is 420 g/mol. The van der Waals surface area contributed by atoms with E-state index in [2.05, 4.69) is 5.32 Å². The highest BCUT2D eigenvalue weighted by Crippen LogP contribution is 2.24. The second-order valence-electron chi connectivity index (χ2n) is 6.39. The summed E-state index contributed by atoms with van der Waals surface area (Å²) in [4.78, 5) is 28.5. The summed E-state index contributed by atoms with van der Waals surface area (Å²) < 4.78 is 13.2. The van der Waals surface area contributed by atoms with Crippen molar-refractivity contribution in [3.8, 4) is 0 Å². The van der Waals surface area contributed by atoms with Crippen molar-refractivity contribution < 1.29 is 14.0 Å². The molecule has 1 saturated heterocycles. The Morgan fingerprint density at radius 3 is 2.43 bits per heavy atom. The summed E-state index contributed by atoms with van der Waals surface area (Å²) in [7, 11) is 0. The maximum absolute atomic E-state index is 13.2. The van der Waals surface area contributed by atoms with Crippen molar-refractivity contribution in [2.24, 2.45) is 0 Å². The second kappa shape index (κ2) is 8.67. The number of likely N-dealkylation sites (N-methyl/N-ethyl adjacent to an activating group) is 1. The van der Waals surface area contributed by atoms with E-state index >= 15 is 0 Å². The highest BCUT2D eigenvalue weighted by Gasteiger charge is 2.42. The van der Waals surface area contributed by atoms with Crippen LogP contribution in [-0.2, 0) is 16.1 Å². The normalized spacial score (nSPS) is 16.6. The minimum Gasteiger partial charge on any atom is -0.332 e. The van der Waals surface area contributed by atoms with Crippen molar-refractivity contribution in [3.05, 3.63) is 64.9 Å². The summed E-state index contributed by atoms with van der Waals surface area (Å²) in [6, 6.07) is 12.0. The van der Waals surface area contributed by atoms with Crippen LogP contribution in [0, 0.1) is 5.82 Å². The molecule has 1 heterocycles. The zero-order valence-corrected chi connectivity index (χ0v) is 16.8. The summed E-state index contributed by atoms with van der Waals surface area (Å²) in [6.07, 6.45) is -0.0424. The molecule has 1 aliphatic rings. The van der Waals surface area contributed by atoms with Crippen molar-refractivity contribution in [3.63, 3.8) is 0 Å². The summed E-state index contributed by atoms with van der Waals surface area (Å²) >= 11 is 11.3. The molecule has 0 aromatic heterocycles. The minimum absolute atomic E-state index is 0.0424. The smallest absolute Gasteiger partial charge is 0.252 e. The number of nitrogens with zero attached hydrogens (tertiary/aromatic N) is 2. The van der Waals surface area contributed by atoms with Crippen LogP contribution in [0.25, 0.3) is 0 Å². The van der Waals surface area contributed by atoms with E-state index in [1.54, 1.807) is 41.3 Å². The highest BCUT2D eigenvalue weighted by molar-refractivity contribution is 7.80. The molecule has 0 saturated carbocycles. The zero-order chi connectivity index (χ0) is 20.3. The Morgan fingerprint density at radius 1 is 1.18 bits per heavy atom. The summed E-state index contributed by atoms with van der Waals surface area (Å²) in [5.74, 6) is -0.843. The Bertz CT molecular complexity index is 889. The summed E-state index contributed by atoms with van der Waals surface area (Å²) in [6.45, 7) is 2.57. The number of anilines is 1. The maximum atomic E-state index is 13.2. The second-order valence-corrected chi connectivity index (χ2v) is 7.20. The molecule has 1 aliphatic heterocycles. The number of hydrogen-bond donors (Lipinski definition) is 1. The molecule has 0 aliphatic carbocycles. The van der Waals surface area contributed by atoms with Crippen molar-refractivity contribution in [1.82, 2.24) is 9.80 Å². The van der Waals surface area contributed by atoms with Crippen LogP contribution in [0.15, 0.2) is 48.5 Å². The molecule has 1 fully saturated rings. The quantitative estimate of drug-likeness (QED) is 0.723.